The van der Waals surface area contributed by atoms with Crippen LogP contribution in [0.5, 0.6) is 0 Å². The molecular formula is C33H34NS+. The Hall–Kier alpha value is -2.84. The lowest BCUT2D eigenvalue weighted by Crippen LogP contribution is -2.32. The van der Waals surface area contributed by atoms with Gasteiger partial charge in [0.15, 0.2) is 6.20 Å². The number of pyridine rings is 1. The Bertz CT molecular complexity index is 1670. The van der Waals surface area contributed by atoms with Gasteiger partial charge in [-0.15, -0.1) is 0 Å². The summed E-state index contributed by atoms with van der Waals surface area (Å²) in [5.74, 6) is 0.451. The molecule has 5 aromatic rings. The van der Waals surface area contributed by atoms with Crippen molar-refractivity contribution in [3.05, 3.63) is 77.5 Å². The van der Waals surface area contributed by atoms with E-state index in [0.717, 1.165) is 6.42 Å². The minimum atomic E-state index is 0.276. The monoisotopic (exact) mass is 476 g/mol. The van der Waals surface area contributed by atoms with Gasteiger partial charge in [0.1, 0.15) is 7.05 Å². The van der Waals surface area contributed by atoms with Crippen LogP contribution in [0.3, 0.4) is 0 Å². The van der Waals surface area contributed by atoms with Gasteiger partial charge in [-0.1, -0.05) is 88.8 Å². The van der Waals surface area contributed by atoms with Crippen molar-refractivity contribution < 1.29 is 4.57 Å². The Balaban J connectivity index is 1.73. The molecule has 0 spiro atoms. The SMILES string of the molecule is Cc1c2c(c(C(C)C)c3ccccc13)Sc1cc3cc(CC(C)(C)C)ccc3c3cc[n+](C)c-2c13. The third kappa shape index (κ3) is 3.49. The fourth-order valence-corrected chi connectivity index (χ4v) is 7.62. The summed E-state index contributed by atoms with van der Waals surface area (Å²) in [5.41, 5.74) is 7.35. The minimum absolute atomic E-state index is 0.276. The zero-order valence-electron chi connectivity index (χ0n) is 21.9. The van der Waals surface area contributed by atoms with E-state index in [0.29, 0.717) is 5.92 Å². The molecule has 1 aliphatic heterocycles. The van der Waals surface area contributed by atoms with E-state index in [1.165, 1.54) is 70.1 Å². The van der Waals surface area contributed by atoms with Crippen LogP contribution in [0.15, 0.2) is 70.6 Å². The fourth-order valence-electron chi connectivity index (χ4n) is 6.10. The molecule has 0 atom stereocenters. The van der Waals surface area contributed by atoms with E-state index in [-0.39, 0.29) is 5.41 Å². The zero-order valence-corrected chi connectivity index (χ0v) is 22.7. The van der Waals surface area contributed by atoms with Crippen molar-refractivity contribution in [2.75, 3.05) is 0 Å². The Morgan fingerprint density at radius 1 is 0.886 bits per heavy atom. The summed E-state index contributed by atoms with van der Waals surface area (Å²) in [6.45, 7) is 14.0. The van der Waals surface area contributed by atoms with Gasteiger partial charge in [0.25, 0.3) is 0 Å². The Labute approximate surface area is 213 Å². The Kier molecular flexibility index (Phi) is 5.06. The topological polar surface area (TPSA) is 3.88 Å². The number of aryl methyl sites for hydroxylation is 2. The average molecular weight is 477 g/mol. The molecule has 1 aromatic heterocycles. The van der Waals surface area contributed by atoms with E-state index in [9.17, 15) is 0 Å². The molecule has 0 bridgehead atoms. The lowest BCUT2D eigenvalue weighted by atomic mass is 9.86. The average Bonchev–Trinajstić information content (AvgIpc) is 2.79. The molecule has 0 fully saturated rings. The van der Waals surface area contributed by atoms with Crippen molar-refractivity contribution in [3.8, 4) is 11.3 Å². The van der Waals surface area contributed by atoms with Crippen LogP contribution in [0, 0.1) is 12.3 Å². The van der Waals surface area contributed by atoms with Gasteiger partial charge in [0, 0.05) is 21.2 Å². The van der Waals surface area contributed by atoms with Gasteiger partial charge in [-0.3, -0.25) is 0 Å². The van der Waals surface area contributed by atoms with Crippen LogP contribution in [0.25, 0.3) is 43.6 Å². The molecular weight excluding hydrogens is 442 g/mol. The minimum Gasteiger partial charge on any atom is -0.200 e. The second-order valence-corrected chi connectivity index (χ2v) is 12.8. The van der Waals surface area contributed by atoms with E-state index in [4.69, 9.17) is 0 Å². The van der Waals surface area contributed by atoms with Crippen molar-refractivity contribution >= 4 is 44.1 Å². The molecule has 35 heavy (non-hydrogen) atoms. The smallest absolute Gasteiger partial charge is 0.200 e. The second kappa shape index (κ2) is 7.83. The summed E-state index contributed by atoms with van der Waals surface area (Å²) >= 11 is 1.99. The van der Waals surface area contributed by atoms with E-state index in [1.807, 2.05) is 11.8 Å². The van der Waals surface area contributed by atoms with Crippen LogP contribution < -0.4 is 4.57 Å². The van der Waals surface area contributed by atoms with Crippen molar-refractivity contribution in [1.82, 2.24) is 0 Å². The molecule has 1 aliphatic rings. The Morgan fingerprint density at radius 3 is 2.34 bits per heavy atom. The molecule has 1 nitrogen and oxygen atoms in total. The lowest BCUT2D eigenvalue weighted by Gasteiger charge is -2.26. The van der Waals surface area contributed by atoms with E-state index < -0.39 is 0 Å². The van der Waals surface area contributed by atoms with Gasteiger partial charge in [-0.05, 0) is 69.0 Å². The van der Waals surface area contributed by atoms with Gasteiger partial charge < -0.3 is 0 Å². The number of hydrogen-bond acceptors (Lipinski definition) is 1. The summed E-state index contributed by atoms with van der Waals surface area (Å²) in [5, 5.41) is 8.26. The van der Waals surface area contributed by atoms with Crippen LogP contribution in [0.4, 0.5) is 0 Å². The van der Waals surface area contributed by atoms with Gasteiger partial charge in [0.2, 0.25) is 5.69 Å². The van der Waals surface area contributed by atoms with Gasteiger partial charge in [-0.25, -0.2) is 4.57 Å². The quantitative estimate of drug-likeness (QED) is 0.178. The van der Waals surface area contributed by atoms with Crippen LogP contribution in [0.2, 0.25) is 0 Å². The summed E-state index contributed by atoms with van der Waals surface area (Å²) in [4.78, 5) is 2.83. The maximum atomic E-state index is 2.45. The molecule has 0 saturated carbocycles. The molecule has 0 radical (unpaired) electrons. The highest BCUT2D eigenvalue weighted by molar-refractivity contribution is 8.00. The number of benzene rings is 4. The number of hydrogen-bond donors (Lipinski definition) is 0. The third-order valence-electron chi connectivity index (χ3n) is 7.49. The molecule has 0 saturated heterocycles. The predicted octanol–water partition coefficient (Wildman–Crippen LogP) is 9.12. The number of fused-ring (bicyclic) bond motifs is 5. The van der Waals surface area contributed by atoms with Crippen LogP contribution in [-0.4, -0.2) is 0 Å². The number of rotatable bonds is 2. The maximum absolute atomic E-state index is 2.45. The summed E-state index contributed by atoms with van der Waals surface area (Å²) in [6.07, 6.45) is 3.34. The first kappa shape index (κ1) is 22.6. The largest absolute Gasteiger partial charge is 0.222 e. The Morgan fingerprint density at radius 2 is 1.63 bits per heavy atom. The van der Waals surface area contributed by atoms with Crippen molar-refractivity contribution in [2.24, 2.45) is 12.5 Å². The molecule has 176 valence electrons. The zero-order chi connectivity index (χ0) is 24.6. The number of aromatic nitrogens is 1. The highest BCUT2D eigenvalue weighted by Gasteiger charge is 2.32. The summed E-state index contributed by atoms with van der Waals surface area (Å²) < 4.78 is 2.34. The standard InChI is InChI=1S/C33H34NS/c1-19(2)28-25-11-9-8-10-23(25)20(3)29-31-30-26(14-15-34(31)7)24-13-12-21(18-33(4,5)6)16-22(24)17-27(30)35-32(28)29/h8-17,19H,18H2,1-7H3/q+1. The van der Waals surface area contributed by atoms with Crippen molar-refractivity contribution in [3.63, 3.8) is 0 Å². The maximum Gasteiger partial charge on any atom is 0.222 e. The van der Waals surface area contributed by atoms with Crippen molar-refractivity contribution in [2.45, 2.75) is 63.7 Å². The van der Waals surface area contributed by atoms with Crippen LogP contribution in [-0.2, 0) is 13.5 Å². The van der Waals surface area contributed by atoms with Gasteiger partial charge in [0.05, 0.1) is 10.9 Å². The molecule has 4 aromatic carbocycles. The molecule has 0 unspecified atom stereocenters. The first-order valence-corrected chi connectivity index (χ1v) is 13.6. The first-order chi connectivity index (χ1) is 16.6. The molecule has 0 amide bonds. The highest BCUT2D eigenvalue weighted by atomic mass is 32.2. The number of nitrogens with zero attached hydrogens (tertiary/aromatic N) is 1. The summed E-state index contributed by atoms with van der Waals surface area (Å²) in [6, 6.07) is 20.9. The van der Waals surface area contributed by atoms with Crippen molar-refractivity contribution in [1.29, 1.82) is 0 Å². The molecule has 2 heterocycles. The predicted molar refractivity (Wildman–Crippen MR) is 152 cm³/mol. The first-order valence-electron chi connectivity index (χ1n) is 12.8. The van der Waals surface area contributed by atoms with Crippen LogP contribution in [0.1, 0.15) is 57.2 Å². The van der Waals surface area contributed by atoms with Crippen LogP contribution >= 0.6 is 11.8 Å². The van der Waals surface area contributed by atoms with E-state index in [2.05, 4.69) is 114 Å². The molecule has 0 aliphatic carbocycles. The molecule has 0 N–H and O–H groups in total. The molecule has 6 rings (SSSR count). The molecule has 2 heteroatoms. The fraction of sp³-hybridized carbons (Fsp3) is 0.303. The van der Waals surface area contributed by atoms with Gasteiger partial charge in [-0.2, -0.15) is 0 Å². The third-order valence-corrected chi connectivity index (χ3v) is 8.66. The highest BCUT2D eigenvalue weighted by Crippen LogP contribution is 2.53. The van der Waals surface area contributed by atoms with E-state index >= 15 is 0 Å². The van der Waals surface area contributed by atoms with Gasteiger partial charge >= 0.3 is 0 Å². The second-order valence-electron chi connectivity index (χ2n) is 11.8. The summed E-state index contributed by atoms with van der Waals surface area (Å²) in [7, 11) is 2.21. The normalized spacial score (nSPS) is 13.3. The lowest BCUT2D eigenvalue weighted by molar-refractivity contribution is -0.659. The van der Waals surface area contributed by atoms with E-state index in [1.54, 1.807) is 0 Å².